The summed E-state index contributed by atoms with van der Waals surface area (Å²) in [5.41, 5.74) is -0.431. The number of carbonyl (C=O) groups is 1. The van der Waals surface area contributed by atoms with Crippen molar-refractivity contribution in [1.29, 1.82) is 0 Å². The van der Waals surface area contributed by atoms with Crippen LogP contribution in [0.3, 0.4) is 0 Å². The standard InChI is InChI=1S/C25H26ClF3N2O4S/c1-24(2,36(34,35)17-6-3-5-16(13-17)25(27,28)29)15-9-11-31(12-10-15)23(33)20-14-21(32)22-18(26)7-4-8-19(22)30-20/h3-8,13-15,21-22,32H,9-12H2,1-2H3. The van der Waals surface area contributed by atoms with Crippen LogP contribution in [0, 0.1) is 11.8 Å². The first-order valence-corrected chi connectivity index (χ1v) is 13.3. The molecule has 2 heterocycles. The molecule has 0 aromatic heterocycles. The number of sulfone groups is 1. The molecule has 2 unspecified atom stereocenters. The molecule has 3 aliphatic rings. The van der Waals surface area contributed by atoms with Gasteiger partial charge < -0.3 is 10.0 Å². The predicted molar refractivity (Wildman–Crippen MR) is 130 cm³/mol. The van der Waals surface area contributed by atoms with Crippen molar-refractivity contribution in [3.05, 3.63) is 64.9 Å². The number of hydrogen-bond acceptors (Lipinski definition) is 5. The number of alkyl halides is 3. The van der Waals surface area contributed by atoms with Crippen LogP contribution in [0.15, 0.2) is 69.2 Å². The fourth-order valence-corrected chi connectivity index (χ4v) is 7.02. The van der Waals surface area contributed by atoms with Gasteiger partial charge in [0.15, 0.2) is 9.84 Å². The summed E-state index contributed by atoms with van der Waals surface area (Å²) in [7, 11) is -4.10. The largest absolute Gasteiger partial charge is 0.416 e. The number of nitrogens with zero attached hydrogens (tertiary/aromatic N) is 2. The van der Waals surface area contributed by atoms with Gasteiger partial charge in [0.1, 0.15) is 5.70 Å². The SMILES string of the molecule is CC(C)(C1CCN(C(=O)C2=CC(O)C3C(Cl)=CC=CC3=N2)CC1)S(=O)(=O)c1cccc(C(F)(F)F)c1. The summed E-state index contributed by atoms with van der Waals surface area (Å²) in [6.45, 7) is 3.54. The molecule has 1 amide bonds. The van der Waals surface area contributed by atoms with Crippen LogP contribution in [0.4, 0.5) is 13.2 Å². The molecule has 0 bridgehead atoms. The van der Waals surface area contributed by atoms with Gasteiger partial charge in [0.05, 0.1) is 32.9 Å². The van der Waals surface area contributed by atoms with E-state index >= 15 is 0 Å². The van der Waals surface area contributed by atoms with Gasteiger partial charge in [-0.25, -0.2) is 13.4 Å². The average molecular weight is 543 g/mol. The summed E-state index contributed by atoms with van der Waals surface area (Å²) in [4.78, 5) is 18.7. The van der Waals surface area contributed by atoms with Crippen molar-refractivity contribution in [2.75, 3.05) is 13.1 Å². The van der Waals surface area contributed by atoms with Crippen LogP contribution in [-0.2, 0) is 20.8 Å². The third kappa shape index (κ3) is 4.78. The first-order chi connectivity index (χ1) is 16.7. The number of aliphatic imine (C=N–C) groups is 1. The fourth-order valence-electron chi connectivity index (χ4n) is 4.89. The Morgan fingerprint density at radius 3 is 2.50 bits per heavy atom. The molecule has 1 aromatic carbocycles. The van der Waals surface area contributed by atoms with Crippen LogP contribution in [0.1, 0.15) is 32.3 Å². The lowest BCUT2D eigenvalue weighted by Gasteiger charge is -2.40. The van der Waals surface area contributed by atoms with E-state index in [1.54, 1.807) is 23.1 Å². The van der Waals surface area contributed by atoms with Gasteiger partial charge in [-0.05, 0) is 69.0 Å². The maximum absolute atomic E-state index is 13.4. The Bertz CT molecular complexity index is 1290. The molecule has 2 atom stereocenters. The molecule has 1 saturated heterocycles. The summed E-state index contributed by atoms with van der Waals surface area (Å²) in [5.74, 6) is -1.27. The van der Waals surface area contributed by atoms with Crippen molar-refractivity contribution < 1.29 is 31.5 Å². The quantitative estimate of drug-likeness (QED) is 0.607. The normalized spacial score (nSPS) is 23.5. The van der Waals surface area contributed by atoms with Gasteiger partial charge in [-0.2, -0.15) is 13.2 Å². The molecule has 1 fully saturated rings. The molecular formula is C25H26ClF3N2O4S. The summed E-state index contributed by atoms with van der Waals surface area (Å²) >= 11 is 6.17. The molecular weight excluding hydrogens is 517 g/mol. The van der Waals surface area contributed by atoms with Crippen molar-refractivity contribution in [2.45, 2.75) is 48.6 Å². The molecule has 0 saturated carbocycles. The van der Waals surface area contributed by atoms with Crippen LogP contribution in [-0.4, -0.2) is 54.0 Å². The minimum atomic E-state index is -4.65. The van der Waals surface area contributed by atoms with E-state index in [0.717, 1.165) is 12.1 Å². The zero-order chi connectivity index (χ0) is 26.5. The van der Waals surface area contributed by atoms with Gasteiger partial charge in [0.2, 0.25) is 0 Å². The number of aliphatic hydroxyl groups excluding tert-OH is 1. The van der Waals surface area contributed by atoms with E-state index in [4.69, 9.17) is 11.6 Å². The zero-order valence-corrected chi connectivity index (χ0v) is 21.2. The minimum Gasteiger partial charge on any atom is -0.388 e. The smallest absolute Gasteiger partial charge is 0.388 e. The van der Waals surface area contributed by atoms with Crippen molar-refractivity contribution in [3.8, 4) is 0 Å². The fraction of sp³-hybridized carbons (Fsp3) is 0.440. The summed E-state index contributed by atoms with van der Waals surface area (Å²) in [6, 6.07) is 3.78. The molecule has 1 aliphatic carbocycles. The lowest BCUT2D eigenvalue weighted by atomic mass is 9.85. The molecule has 1 aromatic rings. The number of carbonyl (C=O) groups excluding carboxylic acids is 1. The second kappa shape index (κ2) is 9.46. The Labute approximate surface area is 212 Å². The summed E-state index contributed by atoms with van der Waals surface area (Å²) < 4.78 is 64.8. The molecule has 2 aliphatic heterocycles. The Balaban J connectivity index is 1.47. The Kier molecular flexibility index (Phi) is 7.00. The molecule has 0 radical (unpaired) electrons. The van der Waals surface area contributed by atoms with E-state index in [0.29, 0.717) is 29.7 Å². The molecule has 6 nitrogen and oxygen atoms in total. The van der Waals surface area contributed by atoms with Crippen LogP contribution in [0.5, 0.6) is 0 Å². The third-order valence-electron chi connectivity index (χ3n) is 7.21. The molecule has 194 valence electrons. The van der Waals surface area contributed by atoms with Gasteiger partial charge in [-0.1, -0.05) is 23.7 Å². The first kappa shape index (κ1) is 26.6. The number of aliphatic hydroxyl groups is 1. The van der Waals surface area contributed by atoms with E-state index in [9.17, 15) is 31.5 Å². The highest BCUT2D eigenvalue weighted by atomic mass is 35.5. The third-order valence-corrected chi connectivity index (χ3v) is 10.2. The van der Waals surface area contributed by atoms with Crippen LogP contribution in [0.2, 0.25) is 0 Å². The van der Waals surface area contributed by atoms with Crippen LogP contribution in [0.25, 0.3) is 0 Å². The van der Waals surface area contributed by atoms with E-state index in [2.05, 4.69) is 4.99 Å². The maximum atomic E-state index is 13.4. The molecule has 11 heteroatoms. The monoisotopic (exact) mass is 542 g/mol. The molecule has 1 N–H and O–H groups in total. The number of rotatable bonds is 4. The second-order valence-corrected chi connectivity index (χ2v) is 12.6. The van der Waals surface area contributed by atoms with Crippen LogP contribution < -0.4 is 0 Å². The van der Waals surface area contributed by atoms with Crippen molar-refractivity contribution in [2.24, 2.45) is 16.8 Å². The molecule has 4 rings (SSSR count). The Morgan fingerprint density at radius 1 is 1.19 bits per heavy atom. The lowest BCUT2D eigenvalue weighted by molar-refractivity contribution is -0.137. The predicted octanol–water partition coefficient (Wildman–Crippen LogP) is 4.50. The minimum absolute atomic E-state index is 0.0964. The van der Waals surface area contributed by atoms with E-state index in [1.165, 1.54) is 26.0 Å². The van der Waals surface area contributed by atoms with Crippen molar-refractivity contribution >= 4 is 33.1 Å². The van der Waals surface area contributed by atoms with E-state index in [-0.39, 0.29) is 35.5 Å². The highest BCUT2D eigenvalue weighted by molar-refractivity contribution is 7.92. The number of piperidine rings is 1. The number of amides is 1. The number of hydrogen-bond donors (Lipinski definition) is 1. The molecule has 36 heavy (non-hydrogen) atoms. The van der Waals surface area contributed by atoms with E-state index < -0.39 is 38.3 Å². The topological polar surface area (TPSA) is 87.0 Å². The summed E-state index contributed by atoms with van der Waals surface area (Å²) in [5, 5.41) is 10.9. The first-order valence-electron chi connectivity index (χ1n) is 11.5. The van der Waals surface area contributed by atoms with Gasteiger partial charge in [-0.3, -0.25) is 4.79 Å². The zero-order valence-electron chi connectivity index (χ0n) is 19.7. The van der Waals surface area contributed by atoms with Gasteiger partial charge in [0, 0.05) is 18.1 Å². The number of fused-ring (bicyclic) bond motifs is 1. The van der Waals surface area contributed by atoms with Gasteiger partial charge >= 0.3 is 6.18 Å². The highest BCUT2D eigenvalue weighted by Gasteiger charge is 2.45. The van der Waals surface area contributed by atoms with Crippen molar-refractivity contribution in [3.63, 3.8) is 0 Å². The van der Waals surface area contributed by atoms with Crippen LogP contribution >= 0.6 is 11.6 Å². The lowest BCUT2D eigenvalue weighted by Crippen LogP contribution is -2.48. The summed E-state index contributed by atoms with van der Waals surface area (Å²) in [6.07, 6.45) is 1.46. The Hall–Kier alpha value is -2.43. The maximum Gasteiger partial charge on any atom is 0.416 e. The van der Waals surface area contributed by atoms with Gasteiger partial charge in [0.25, 0.3) is 5.91 Å². The van der Waals surface area contributed by atoms with Crippen molar-refractivity contribution in [1.82, 2.24) is 4.90 Å². The average Bonchev–Trinajstić information content (AvgIpc) is 2.83. The van der Waals surface area contributed by atoms with Gasteiger partial charge in [-0.15, -0.1) is 0 Å². The Morgan fingerprint density at radius 2 is 1.86 bits per heavy atom. The molecule has 0 spiro atoms. The number of halogens is 4. The number of likely N-dealkylation sites (tertiary alicyclic amines) is 1. The number of benzene rings is 1. The second-order valence-electron chi connectivity index (χ2n) is 9.67. The number of allylic oxidation sites excluding steroid dienone is 3. The highest BCUT2D eigenvalue weighted by Crippen LogP contribution is 2.40. The van der Waals surface area contributed by atoms with E-state index in [1.807, 2.05) is 0 Å².